The summed E-state index contributed by atoms with van der Waals surface area (Å²) in [7, 11) is 0. The van der Waals surface area contributed by atoms with E-state index >= 15 is 0 Å². The largest absolute Gasteiger partial charge is 0.388 e. The lowest BCUT2D eigenvalue weighted by atomic mass is 10.1. The standard InChI is InChI=1S/C21H26N2O3/c1-2-6-18(24)16-13-22(17-8-4-3-7-15(16)17)14-20(25)23-12-5-9-19(23)21(26)10-11-21/h3-4,7-8,13,19,26H,2,5-6,9-12,14H2,1H3. The fourth-order valence-corrected chi connectivity index (χ4v) is 4.28. The molecule has 1 saturated carbocycles. The Morgan fingerprint density at radius 3 is 2.77 bits per heavy atom. The molecule has 1 saturated heterocycles. The summed E-state index contributed by atoms with van der Waals surface area (Å²) in [4.78, 5) is 27.3. The first-order valence-electron chi connectivity index (χ1n) is 9.66. The molecule has 1 aromatic carbocycles. The monoisotopic (exact) mass is 354 g/mol. The van der Waals surface area contributed by atoms with E-state index in [-0.39, 0.29) is 24.3 Å². The van der Waals surface area contributed by atoms with Crippen LogP contribution >= 0.6 is 0 Å². The van der Waals surface area contributed by atoms with E-state index < -0.39 is 5.60 Å². The van der Waals surface area contributed by atoms with Crippen molar-refractivity contribution in [3.05, 3.63) is 36.0 Å². The molecule has 138 valence electrons. The molecule has 1 unspecified atom stereocenters. The number of rotatable bonds is 6. The number of carbonyl (C=O) groups excluding carboxylic acids is 2. The maximum Gasteiger partial charge on any atom is 0.242 e. The summed E-state index contributed by atoms with van der Waals surface area (Å²) < 4.78 is 1.90. The Morgan fingerprint density at radius 2 is 2.04 bits per heavy atom. The number of fused-ring (bicyclic) bond motifs is 1. The van der Waals surface area contributed by atoms with E-state index in [0.29, 0.717) is 18.5 Å². The number of carbonyl (C=O) groups is 2. The Bertz CT molecular complexity index is 850. The molecule has 0 bridgehead atoms. The summed E-state index contributed by atoms with van der Waals surface area (Å²) in [6, 6.07) is 7.73. The summed E-state index contributed by atoms with van der Waals surface area (Å²) in [5.41, 5.74) is 0.961. The SMILES string of the molecule is CCCC(=O)c1cn(CC(=O)N2CCCC2C2(O)CC2)c2ccccc12. The van der Waals surface area contributed by atoms with Crippen molar-refractivity contribution in [2.24, 2.45) is 0 Å². The van der Waals surface area contributed by atoms with Gasteiger partial charge in [0, 0.05) is 35.6 Å². The van der Waals surface area contributed by atoms with Gasteiger partial charge in [0.1, 0.15) is 6.54 Å². The molecule has 1 aromatic heterocycles. The molecule has 1 amide bonds. The average molecular weight is 354 g/mol. The van der Waals surface area contributed by atoms with Gasteiger partial charge in [0.05, 0.1) is 11.6 Å². The number of hydrogen-bond donors (Lipinski definition) is 1. The van der Waals surface area contributed by atoms with Crippen LogP contribution in [0.1, 0.15) is 55.8 Å². The Kier molecular flexibility index (Phi) is 4.35. The van der Waals surface area contributed by atoms with Crippen LogP contribution in [0.25, 0.3) is 10.9 Å². The molecule has 1 atom stereocenters. The second-order valence-electron chi connectivity index (χ2n) is 7.71. The molecular weight excluding hydrogens is 328 g/mol. The maximum atomic E-state index is 13.0. The number of likely N-dealkylation sites (tertiary alicyclic amines) is 1. The van der Waals surface area contributed by atoms with E-state index in [4.69, 9.17) is 0 Å². The quantitative estimate of drug-likeness (QED) is 0.811. The second-order valence-corrected chi connectivity index (χ2v) is 7.71. The van der Waals surface area contributed by atoms with Crippen LogP contribution in [-0.4, -0.2) is 44.5 Å². The van der Waals surface area contributed by atoms with Crippen LogP contribution in [0, 0.1) is 0 Å². The van der Waals surface area contributed by atoms with Crippen molar-refractivity contribution in [1.82, 2.24) is 9.47 Å². The van der Waals surface area contributed by atoms with Crippen molar-refractivity contribution >= 4 is 22.6 Å². The lowest BCUT2D eigenvalue weighted by molar-refractivity contribution is -0.135. The number of Topliss-reactive ketones (excluding diaryl/α,β-unsaturated/α-hetero) is 1. The molecule has 2 aromatic rings. The molecule has 0 radical (unpaired) electrons. The third-order valence-electron chi connectivity index (χ3n) is 5.83. The Hall–Kier alpha value is -2.14. The predicted octanol–water partition coefficient (Wildman–Crippen LogP) is 3.14. The highest BCUT2D eigenvalue weighted by Gasteiger charge is 2.52. The number of hydrogen-bond acceptors (Lipinski definition) is 3. The van der Waals surface area contributed by atoms with Gasteiger partial charge >= 0.3 is 0 Å². The molecule has 0 spiro atoms. The molecule has 2 heterocycles. The van der Waals surface area contributed by atoms with Gasteiger partial charge in [0.2, 0.25) is 5.91 Å². The van der Waals surface area contributed by atoms with Crippen molar-refractivity contribution in [2.45, 2.75) is 63.6 Å². The highest BCUT2D eigenvalue weighted by Crippen LogP contribution is 2.44. The summed E-state index contributed by atoms with van der Waals surface area (Å²) in [6.45, 7) is 2.93. The third kappa shape index (κ3) is 2.94. The van der Waals surface area contributed by atoms with Gasteiger partial charge < -0.3 is 14.6 Å². The lowest BCUT2D eigenvalue weighted by Gasteiger charge is -2.29. The van der Waals surface area contributed by atoms with Crippen LogP contribution in [0.2, 0.25) is 0 Å². The van der Waals surface area contributed by atoms with Crippen LogP contribution in [0.4, 0.5) is 0 Å². The van der Waals surface area contributed by atoms with Gasteiger partial charge in [0.15, 0.2) is 5.78 Å². The second kappa shape index (κ2) is 6.54. The number of aliphatic hydroxyl groups is 1. The maximum absolute atomic E-state index is 13.0. The minimum atomic E-state index is -0.660. The van der Waals surface area contributed by atoms with Gasteiger partial charge in [-0.25, -0.2) is 0 Å². The smallest absolute Gasteiger partial charge is 0.242 e. The highest BCUT2D eigenvalue weighted by atomic mass is 16.3. The molecule has 2 fully saturated rings. The van der Waals surface area contributed by atoms with E-state index in [9.17, 15) is 14.7 Å². The first-order valence-corrected chi connectivity index (χ1v) is 9.66. The average Bonchev–Trinajstić information content (AvgIpc) is 3.08. The summed E-state index contributed by atoms with van der Waals surface area (Å²) in [5.74, 6) is 0.157. The summed E-state index contributed by atoms with van der Waals surface area (Å²) in [6.07, 6.45) is 6.58. The van der Waals surface area contributed by atoms with Crippen LogP contribution in [0.3, 0.4) is 0 Å². The minimum absolute atomic E-state index is 0.0306. The van der Waals surface area contributed by atoms with E-state index in [0.717, 1.165) is 43.0 Å². The van der Waals surface area contributed by atoms with Crippen LogP contribution in [-0.2, 0) is 11.3 Å². The zero-order chi connectivity index (χ0) is 18.3. The van der Waals surface area contributed by atoms with E-state index in [1.807, 2.05) is 46.9 Å². The zero-order valence-corrected chi connectivity index (χ0v) is 15.3. The predicted molar refractivity (Wildman–Crippen MR) is 100 cm³/mol. The van der Waals surface area contributed by atoms with E-state index in [2.05, 4.69) is 0 Å². The van der Waals surface area contributed by atoms with Crippen LogP contribution < -0.4 is 0 Å². The van der Waals surface area contributed by atoms with Crippen molar-refractivity contribution in [1.29, 1.82) is 0 Å². The Balaban J connectivity index is 1.61. The minimum Gasteiger partial charge on any atom is -0.388 e. The molecule has 1 N–H and O–H groups in total. The first-order chi connectivity index (χ1) is 12.5. The Morgan fingerprint density at radius 1 is 1.27 bits per heavy atom. The van der Waals surface area contributed by atoms with Gasteiger partial charge in [-0.1, -0.05) is 25.1 Å². The number of para-hydroxylation sites is 1. The van der Waals surface area contributed by atoms with Crippen LogP contribution in [0.5, 0.6) is 0 Å². The molecule has 1 aliphatic carbocycles. The van der Waals surface area contributed by atoms with E-state index in [1.165, 1.54) is 0 Å². The fraction of sp³-hybridized carbons (Fsp3) is 0.524. The lowest BCUT2D eigenvalue weighted by Crippen LogP contribution is -2.45. The van der Waals surface area contributed by atoms with Gasteiger partial charge in [-0.2, -0.15) is 0 Å². The van der Waals surface area contributed by atoms with E-state index in [1.54, 1.807) is 0 Å². The molecule has 1 aliphatic heterocycles. The van der Waals surface area contributed by atoms with Crippen molar-refractivity contribution < 1.29 is 14.7 Å². The third-order valence-corrected chi connectivity index (χ3v) is 5.83. The van der Waals surface area contributed by atoms with Gasteiger partial charge in [-0.05, 0) is 38.2 Å². The van der Waals surface area contributed by atoms with Gasteiger partial charge in [-0.15, -0.1) is 0 Å². The first kappa shape index (κ1) is 17.3. The number of ketones is 1. The summed E-state index contributed by atoms with van der Waals surface area (Å²) in [5, 5.41) is 11.4. The number of nitrogens with zero attached hydrogens (tertiary/aromatic N) is 2. The number of amides is 1. The van der Waals surface area contributed by atoms with Crippen molar-refractivity contribution in [2.75, 3.05) is 6.54 Å². The fourth-order valence-electron chi connectivity index (χ4n) is 4.28. The zero-order valence-electron chi connectivity index (χ0n) is 15.3. The van der Waals surface area contributed by atoms with Gasteiger partial charge in [-0.3, -0.25) is 9.59 Å². The Labute approximate surface area is 153 Å². The molecule has 4 rings (SSSR count). The number of aromatic nitrogens is 1. The molecule has 5 nitrogen and oxygen atoms in total. The molecular formula is C21H26N2O3. The van der Waals surface area contributed by atoms with Gasteiger partial charge in [0.25, 0.3) is 0 Å². The molecule has 26 heavy (non-hydrogen) atoms. The van der Waals surface area contributed by atoms with Crippen molar-refractivity contribution in [3.63, 3.8) is 0 Å². The summed E-state index contributed by atoms with van der Waals surface area (Å²) >= 11 is 0. The normalized spacial score (nSPS) is 21.3. The number of benzene rings is 1. The molecule has 5 heteroatoms. The highest BCUT2D eigenvalue weighted by molar-refractivity contribution is 6.08. The van der Waals surface area contributed by atoms with Crippen LogP contribution in [0.15, 0.2) is 30.5 Å². The molecule has 2 aliphatic rings. The van der Waals surface area contributed by atoms with Crippen molar-refractivity contribution in [3.8, 4) is 0 Å². The topological polar surface area (TPSA) is 62.5 Å².